The average molecular weight is 232 g/mol. The van der Waals surface area contributed by atoms with E-state index in [4.69, 9.17) is 5.73 Å². The number of fused-ring (bicyclic) bond motifs is 1. The molecule has 2 rings (SSSR count). The molecule has 2 N–H and O–H groups in total. The number of nitrogens with two attached hydrogens (primary N) is 1. The van der Waals surface area contributed by atoms with E-state index in [1.54, 1.807) is 6.20 Å². The number of hydrogen-bond donors (Lipinski definition) is 1. The summed E-state index contributed by atoms with van der Waals surface area (Å²) in [5.41, 5.74) is 7.63. The second kappa shape index (κ2) is 5.77. The van der Waals surface area contributed by atoms with Crippen LogP contribution in [0.15, 0.2) is 18.5 Å². The van der Waals surface area contributed by atoms with E-state index in [9.17, 15) is 0 Å². The molecule has 0 aliphatic carbocycles. The van der Waals surface area contributed by atoms with Crippen molar-refractivity contribution < 1.29 is 0 Å². The number of aromatic nitrogens is 3. The summed E-state index contributed by atoms with van der Waals surface area (Å²) in [6.45, 7) is 0.804. The van der Waals surface area contributed by atoms with Crippen molar-refractivity contribution in [2.75, 3.05) is 6.54 Å². The van der Waals surface area contributed by atoms with Crippen LogP contribution in [-0.4, -0.2) is 21.1 Å². The van der Waals surface area contributed by atoms with Gasteiger partial charge in [0, 0.05) is 19.7 Å². The van der Waals surface area contributed by atoms with Crippen LogP contribution in [0.4, 0.5) is 0 Å². The van der Waals surface area contributed by atoms with Crippen molar-refractivity contribution in [3.8, 4) is 0 Å². The standard InChI is InChI=1S/C13H20N4/c1-17-12-10-15-9-7-11(12)16-13(17)6-4-2-3-5-8-14/h7,9-10H,2-6,8,14H2,1H3. The third-order valence-corrected chi connectivity index (χ3v) is 3.13. The predicted molar refractivity (Wildman–Crippen MR) is 69.7 cm³/mol. The lowest BCUT2D eigenvalue weighted by Crippen LogP contribution is -2.00. The van der Waals surface area contributed by atoms with Crippen molar-refractivity contribution in [3.05, 3.63) is 24.3 Å². The van der Waals surface area contributed by atoms with Gasteiger partial charge in [0.05, 0.1) is 17.2 Å². The van der Waals surface area contributed by atoms with Gasteiger partial charge in [0.15, 0.2) is 0 Å². The highest BCUT2D eigenvalue weighted by molar-refractivity contribution is 5.74. The highest BCUT2D eigenvalue weighted by Crippen LogP contribution is 2.15. The molecular weight excluding hydrogens is 212 g/mol. The summed E-state index contributed by atoms with van der Waals surface area (Å²) in [5.74, 6) is 1.15. The van der Waals surface area contributed by atoms with Crippen LogP contribution in [0.5, 0.6) is 0 Å². The maximum Gasteiger partial charge on any atom is 0.109 e. The molecule has 0 saturated heterocycles. The van der Waals surface area contributed by atoms with Crippen LogP contribution in [-0.2, 0) is 13.5 Å². The van der Waals surface area contributed by atoms with Crippen LogP contribution in [0.1, 0.15) is 31.5 Å². The molecule has 4 heteroatoms. The molecule has 0 fully saturated rings. The Morgan fingerprint density at radius 2 is 2.06 bits per heavy atom. The Kier molecular flexibility index (Phi) is 4.09. The summed E-state index contributed by atoms with van der Waals surface area (Å²) >= 11 is 0. The fraction of sp³-hybridized carbons (Fsp3) is 0.538. The Morgan fingerprint density at radius 3 is 2.82 bits per heavy atom. The zero-order chi connectivity index (χ0) is 12.1. The Balaban J connectivity index is 1.97. The van der Waals surface area contributed by atoms with Crippen LogP contribution in [0, 0.1) is 0 Å². The van der Waals surface area contributed by atoms with Gasteiger partial charge >= 0.3 is 0 Å². The monoisotopic (exact) mass is 232 g/mol. The average Bonchev–Trinajstić information content (AvgIpc) is 2.67. The minimum absolute atomic E-state index is 0.804. The van der Waals surface area contributed by atoms with Gasteiger partial charge in [-0.05, 0) is 25.5 Å². The van der Waals surface area contributed by atoms with E-state index in [1.165, 1.54) is 19.3 Å². The van der Waals surface area contributed by atoms with E-state index >= 15 is 0 Å². The highest BCUT2D eigenvalue weighted by Gasteiger charge is 2.06. The molecule has 0 radical (unpaired) electrons. The van der Waals surface area contributed by atoms with E-state index in [2.05, 4.69) is 21.6 Å². The van der Waals surface area contributed by atoms with Crippen molar-refractivity contribution in [2.24, 2.45) is 12.8 Å². The van der Waals surface area contributed by atoms with E-state index in [-0.39, 0.29) is 0 Å². The van der Waals surface area contributed by atoms with Crippen molar-refractivity contribution >= 4 is 11.0 Å². The van der Waals surface area contributed by atoms with Gasteiger partial charge in [-0.25, -0.2) is 4.98 Å². The van der Waals surface area contributed by atoms with E-state index in [1.807, 2.05) is 12.3 Å². The first-order valence-electron chi connectivity index (χ1n) is 6.28. The van der Waals surface area contributed by atoms with Crippen molar-refractivity contribution in [1.29, 1.82) is 0 Å². The van der Waals surface area contributed by atoms with Crippen LogP contribution >= 0.6 is 0 Å². The summed E-state index contributed by atoms with van der Waals surface area (Å²) in [6.07, 6.45) is 9.48. The molecule has 0 aromatic carbocycles. The zero-order valence-electron chi connectivity index (χ0n) is 10.4. The number of imidazole rings is 1. The number of pyridine rings is 1. The number of hydrogen-bond acceptors (Lipinski definition) is 3. The lowest BCUT2D eigenvalue weighted by molar-refractivity contribution is 0.627. The van der Waals surface area contributed by atoms with E-state index in [0.717, 1.165) is 36.2 Å². The molecule has 4 nitrogen and oxygen atoms in total. The second-order valence-electron chi connectivity index (χ2n) is 4.40. The first-order chi connectivity index (χ1) is 8.33. The summed E-state index contributed by atoms with van der Waals surface area (Å²) in [5, 5.41) is 0. The fourth-order valence-electron chi connectivity index (χ4n) is 2.09. The molecular formula is C13H20N4. The van der Waals surface area contributed by atoms with Gasteiger partial charge in [-0.1, -0.05) is 12.8 Å². The van der Waals surface area contributed by atoms with Crippen LogP contribution in [0.3, 0.4) is 0 Å². The lowest BCUT2D eigenvalue weighted by atomic mass is 10.1. The van der Waals surface area contributed by atoms with Crippen molar-refractivity contribution in [3.63, 3.8) is 0 Å². The Bertz CT molecular complexity index is 475. The molecule has 0 spiro atoms. The van der Waals surface area contributed by atoms with Crippen molar-refractivity contribution in [1.82, 2.24) is 14.5 Å². The number of nitrogens with zero attached hydrogens (tertiary/aromatic N) is 3. The zero-order valence-corrected chi connectivity index (χ0v) is 10.4. The molecule has 0 aliphatic heterocycles. The number of rotatable bonds is 6. The molecule has 2 aromatic rings. The van der Waals surface area contributed by atoms with Gasteiger partial charge in [-0.2, -0.15) is 0 Å². The smallest absolute Gasteiger partial charge is 0.109 e. The van der Waals surface area contributed by atoms with Gasteiger partial charge in [0.25, 0.3) is 0 Å². The third-order valence-electron chi connectivity index (χ3n) is 3.13. The van der Waals surface area contributed by atoms with E-state index in [0.29, 0.717) is 0 Å². The molecule has 2 heterocycles. The molecule has 0 unspecified atom stereocenters. The quantitative estimate of drug-likeness (QED) is 0.775. The molecule has 17 heavy (non-hydrogen) atoms. The summed E-state index contributed by atoms with van der Waals surface area (Å²) in [4.78, 5) is 8.76. The van der Waals surface area contributed by atoms with Crippen LogP contribution in [0.2, 0.25) is 0 Å². The Morgan fingerprint density at radius 1 is 1.24 bits per heavy atom. The number of aryl methyl sites for hydroxylation is 2. The van der Waals surface area contributed by atoms with Gasteiger partial charge in [0.2, 0.25) is 0 Å². The second-order valence-corrected chi connectivity index (χ2v) is 4.40. The normalized spacial score (nSPS) is 11.2. The van der Waals surface area contributed by atoms with Gasteiger partial charge in [-0.15, -0.1) is 0 Å². The SMILES string of the molecule is Cn1c(CCCCCCN)nc2ccncc21. The minimum Gasteiger partial charge on any atom is -0.330 e. The molecule has 2 aromatic heterocycles. The number of unbranched alkanes of at least 4 members (excludes halogenated alkanes) is 3. The fourth-order valence-corrected chi connectivity index (χ4v) is 2.09. The molecule has 0 aliphatic rings. The maximum absolute atomic E-state index is 5.47. The summed E-state index contributed by atoms with van der Waals surface area (Å²) < 4.78 is 2.14. The molecule has 0 saturated carbocycles. The minimum atomic E-state index is 0.804. The maximum atomic E-state index is 5.47. The first-order valence-corrected chi connectivity index (χ1v) is 6.28. The largest absolute Gasteiger partial charge is 0.330 e. The topological polar surface area (TPSA) is 56.7 Å². The lowest BCUT2D eigenvalue weighted by Gasteiger charge is -2.02. The Hall–Kier alpha value is -1.42. The summed E-state index contributed by atoms with van der Waals surface area (Å²) in [7, 11) is 2.06. The van der Waals surface area contributed by atoms with Gasteiger partial charge in [-0.3, -0.25) is 4.98 Å². The highest BCUT2D eigenvalue weighted by atomic mass is 15.1. The first kappa shape index (κ1) is 12.0. The predicted octanol–water partition coefficient (Wildman–Crippen LogP) is 2.03. The van der Waals surface area contributed by atoms with Crippen molar-refractivity contribution in [2.45, 2.75) is 32.1 Å². The Labute approximate surface area is 102 Å². The molecule has 92 valence electrons. The summed E-state index contributed by atoms with van der Waals surface area (Å²) in [6, 6.07) is 1.97. The van der Waals surface area contributed by atoms with Crippen LogP contribution in [0.25, 0.3) is 11.0 Å². The van der Waals surface area contributed by atoms with Gasteiger partial charge in [0.1, 0.15) is 5.82 Å². The molecule has 0 amide bonds. The van der Waals surface area contributed by atoms with E-state index < -0.39 is 0 Å². The molecule has 0 atom stereocenters. The van der Waals surface area contributed by atoms with Crippen LogP contribution < -0.4 is 5.73 Å². The van der Waals surface area contributed by atoms with Gasteiger partial charge < -0.3 is 10.3 Å². The molecule has 0 bridgehead atoms. The third kappa shape index (κ3) is 2.82.